The topological polar surface area (TPSA) is 37.3 Å². The lowest BCUT2D eigenvalue weighted by molar-refractivity contribution is -0.141. The van der Waals surface area contributed by atoms with Gasteiger partial charge in [-0.1, -0.05) is 65.2 Å². The number of rotatable bonds is 10. The minimum atomic E-state index is -0.655. The van der Waals surface area contributed by atoms with Gasteiger partial charge in [0, 0.05) is 0 Å². The largest absolute Gasteiger partial charge is 0.481 e. The Kier molecular flexibility index (Phi) is 15.5. The lowest BCUT2D eigenvalue weighted by Crippen LogP contribution is -2.08. The highest BCUT2D eigenvalue weighted by atomic mass is 24.3. The maximum absolute atomic E-state index is 10.5. The second-order valence-electron chi connectivity index (χ2n) is 4.50. The zero-order valence-corrected chi connectivity index (χ0v) is 10.3. The highest BCUT2D eigenvalue weighted by Crippen LogP contribution is 2.12. The maximum atomic E-state index is 10.5. The summed E-state index contributed by atoms with van der Waals surface area (Å²) in [5.74, 6) is -0.817. The Morgan fingerprint density at radius 2 is 1.44 bits per heavy atom. The van der Waals surface area contributed by atoms with Crippen molar-refractivity contribution in [2.75, 3.05) is 0 Å². The van der Waals surface area contributed by atoms with Gasteiger partial charge >= 0.3 is 29.0 Å². The lowest BCUT2D eigenvalue weighted by atomic mass is 10.0. The minimum Gasteiger partial charge on any atom is -0.481 e. The molecule has 0 bridgehead atoms. The van der Waals surface area contributed by atoms with E-state index in [1.807, 2.05) is 0 Å². The van der Waals surface area contributed by atoms with Crippen molar-refractivity contribution in [3.05, 3.63) is 0 Å². The maximum Gasteiger partial charge on any atom is 0.316 e. The first-order chi connectivity index (χ1) is 7.18. The summed E-state index contributed by atoms with van der Waals surface area (Å²) in [5.41, 5.74) is 0. The van der Waals surface area contributed by atoms with Crippen LogP contribution in [0.5, 0.6) is 0 Å². The molecular weight excluding hydrogens is 212 g/mol. The highest BCUT2D eigenvalue weighted by Gasteiger charge is 2.09. The number of carboxylic acids is 1. The van der Waals surface area contributed by atoms with Gasteiger partial charge in [0.1, 0.15) is 0 Å². The lowest BCUT2D eigenvalue weighted by Gasteiger charge is -2.05. The predicted molar refractivity (Wildman–Crippen MR) is 72.6 cm³/mol. The second-order valence-corrected chi connectivity index (χ2v) is 4.50. The Balaban J connectivity index is 0. The molecule has 0 aliphatic carbocycles. The summed E-state index contributed by atoms with van der Waals surface area (Å²) >= 11 is 0. The molecule has 1 atom stereocenters. The van der Waals surface area contributed by atoms with Crippen LogP contribution in [0.15, 0.2) is 0 Å². The zero-order valence-electron chi connectivity index (χ0n) is 10.3. The Morgan fingerprint density at radius 1 is 1.00 bits per heavy atom. The normalized spacial score (nSPS) is 11.9. The van der Waals surface area contributed by atoms with Crippen LogP contribution in [0.4, 0.5) is 0 Å². The van der Waals surface area contributed by atoms with E-state index >= 15 is 0 Å². The predicted octanol–water partition coefficient (Wildman–Crippen LogP) is 3.32. The van der Waals surface area contributed by atoms with Crippen molar-refractivity contribution in [3.63, 3.8) is 0 Å². The molecule has 0 aliphatic heterocycles. The van der Waals surface area contributed by atoms with Crippen molar-refractivity contribution < 1.29 is 9.90 Å². The van der Waals surface area contributed by atoms with E-state index < -0.39 is 5.97 Å². The van der Waals surface area contributed by atoms with Gasteiger partial charge in [0.25, 0.3) is 0 Å². The fraction of sp³-hybridized carbons (Fsp3) is 0.923. The monoisotopic (exact) mass is 240 g/mol. The minimum absolute atomic E-state index is 0. The molecule has 0 saturated heterocycles. The van der Waals surface area contributed by atoms with E-state index in [4.69, 9.17) is 5.11 Å². The first kappa shape index (κ1) is 18.6. The van der Waals surface area contributed by atoms with E-state index in [0.717, 1.165) is 12.8 Å². The fourth-order valence-electron chi connectivity index (χ4n) is 1.71. The summed E-state index contributed by atoms with van der Waals surface area (Å²) in [7, 11) is 0. The Bertz CT molecular complexity index is 160. The van der Waals surface area contributed by atoms with E-state index in [-0.39, 0.29) is 29.0 Å². The van der Waals surface area contributed by atoms with Crippen molar-refractivity contribution in [1.82, 2.24) is 0 Å². The van der Waals surface area contributed by atoms with Crippen LogP contribution >= 0.6 is 0 Å². The molecule has 0 radical (unpaired) electrons. The van der Waals surface area contributed by atoms with Gasteiger partial charge in [-0.15, -0.1) is 0 Å². The van der Waals surface area contributed by atoms with Gasteiger partial charge in [-0.05, 0) is 6.42 Å². The Hall–Kier alpha value is 0.236. The van der Waals surface area contributed by atoms with Crippen LogP contribution in [0, 0.1) is 5.92 Å². The quantitative estimate of drug-likeness (QED) is 0.470. The molecule has 94 valence electrons. The van der Waals surface area contributed by atoms with Crippen molar-refractivity contribution in [1.29, 1.82) is 0 Å². The highest BCUT2D eigenvalue weighted by molar-refractivity contribution is 5.75. The van der Waals surface area contributed by atoms with Gasteiger partial charge in [-0.3, -0.25) is 4.79 Å². The second kappa shape index (κ2) is 13.3. The van der Waals surface area contributed by atoms with Crippen LogP contribution < -0.4 is 0 Å². The SMILES string of the molecule is CCCCCCCCCCC(C)C(=O)O.[MgH2]. The van der Waals surface area contributed by atoms with Gasteiger partial charge < -0.3 is 5.11 Å². The van der Waals surface area contributed by atoms with E-state index in [1.54, 1.807) is 6.92 Å². The average Bonchev–Trinajstić information content (AvgIpc) is 2.21. The van der Waals surface area contributed by atoms with Gasteiger partial charge in [-0.2, -0.15) is 0 Å². The van der Waals surface area contributed by atoms with Gasteiger partial charge in [0.05, 0.1) is 5.92 Å². The van der Waals surface area contributed by atoms with Gasteiger partial charge in [0.2, 0.25) is 0 Å². The first-order valence-electron chi connectivity index (χ1n) is 6.41. The molecule has 1 unspecified atom stereocenters. The molecule has 0 fully saturated rings. The number of carbonyl (C=O) groups is 1. The summed E-state index contributed by atoms with van der Waals surface area (Å²) in [6.45, 7) is 4.02. The van der Waals surface area contributed by atoms with Gasteiger partial charge in [-0.25, -0.2) is 0 Å². The van der Waals surface area contributed by atoms with E-state index in [2.05, 4.69) is 6.92 Å². The third-order valence-corrected chi connectivity index (χ3v) is 2.91. The Labute approximate surface area is 116 Å². The first-order valence-corrected chi connectivity index (χ1v) is 6.41. The molecule has 16 heavy (non-hydrogen) atoms. The molecule has 0 aliphatic rings. The number of aliphatic carboxylic acids is 1. The third-order valence-electron chi connectivity index (χ3n) is 2.91. The number of carboxylic acid groups (broad SMARTS) is 1. The molecule has 0 heterocycles. The van der Waals surface area contributed by atoms with Crippen LogP contribution in [-0.2, 0) is 4.79 Å². The van der Waals surface area contributed by atoms with Crippen LogP contribution in [0.1, 0.15) is 71.6 Å². The number of unbranched alkanes of at least 4 members (excludes halogenated alkanes) is 7. The molecular formula is C13H28MgO2. The van der Waals surface area contributed by atoms with Crippen LogP contribution in [0.2, 0.25) is 0 Å². The van der Waals surface area contributed by atoms with E-state index in [1.165, 1.54) is 44.9 Å². The van der Waals surface area contributed by atoms with Crippen LogP contribution in [-0.4, -0.2) is 34.1 Å². The molecule has 3 heteroatoms. The van der Waals surface area contributed by atoms with Crippen molar-refractivity contribution >= 4 is 29.0 Å². The molecule has 2 nitrogen and oxygen atoms in total. The van der Waals surface area contributed by atoms with Crippen molar-refractivity contribution in [2.45, 2.75) is 71.6 Å². The molecule has 0 aromatic rings. The van der Waals surface area contributed by atoms with Gasteiger partial charge in [0.15, 0.2) is 0 Å². The molecule has 0 amide bonds. The Morgan fingerprint density at radius 3 is 1.88 bits per heavy atom. The smallest absolute Gasteiger partial charge is 0.316 e. The summed E-state index contributed by atoms with van der Waals surface area (Å²) < 4.78 is 0. The van der Waals surface area contributed by atoms with Crippen molar-refractivity contribution in [2.24, 2.45) is 5.92 Å². The number of hydrogen-bond acceptors (Lipinski definition) is 1. The molecule has 1 N–H and O–H groups in total. The summed E-state index contributed by atoms with van der Waals surface area (Å²) in [4.78, 5) is 10.5. The summed E-state index contributed by atoms with van der Waals surface area (Å²) in [6.07, 6.45) is 11.1. The molecule has 0 rings (SSSR count). The average molecular weight is 241 g/mol. The standard InChI is InChI=1S/C13H26O2.Mg.2H/c1-3-4-5-6-7-8-9-10-11-12(2)13(14)15;;;/h12H,3-11H2,1-2H3,(H,14,15);;;. The molecule has 0 saturated carbocycles. The summed E-state index contributed by atoms with van der Waals surface area (Å²) in [6, 6.07) is 0. The van der Waals surface area contributed by atoms with Crippen molar-refractivity contribution in [3.8, 4) is 0 Å². The fourth-order valence-corrected chi connectivity index (χ4v) is 1.71. The van der Waals surface area contributed by atoms with E-state index in [9.17, 15) is 4.79 Å². The molecule has 0 aromatic heterocycles. The van der Waals surface area contributed by atoms with Crippen LogP contribution in [0.25, 0.3) is 0 Å². The number of hydrogen-bond donors (Lipinski definition) is 1. The molecule has 0 aromatic carbocycles. The third kappa shape index (κ3) is 12.3. The molecule has 0 spiro atoms. The van der Waals surface area contributed by atoms with Crippen LogP contribution in [0.3, 0.4) is 0 Å². The summed E-state index contributed by atoms with van der Waals surface area (Å²) in [5, 5.41) is 8.68. The van der Waals surface area contributed by atoms with E-state index in [0.29, 0.717) is 0 Å². The zero-order chi connectivity index (χ0) is 11.5.